The summed E-state index contributed by atoms with van der Waals surface area (Å²) in [7, 11) is 0. The third kappa shape index (κ3) is 2.87. The predicted molar refractivity (Wildman–Crippen MR) is 35.4 cm³/mol. The van der Waals surface area contributed by atoms with Crippen LogP contribution in [0.3, 0.4) is 0 Å². The predicted octanol–water partition coefficient (Wildman–Crippen LogP) is 0.739. The van der Waals surface area contributed by atoms with Crippen molar-refractivity contribution in [1.29, 1.82) is 0 Å². The second kappa shape index (κ2) is 3.84. The molecule has 1 nitrogen and oxygen atoms in total. The molecular weight excluding hydrogens is 114 g/mol. The second-order valence-corrected chi connectivity index (χ2v) is 1.84. The van der Waals surface area contributed by atoms with Gasteiger partial charge in [-0.15, -0.1) is 0 Å². The van der Waals surface area contributed by atoms with Gasteiger partial charge >= 0.3 is 0 Å². The Morgan fingerprint density at radius 3 is 2.33 bits per heavy atom. The summed E-state index contributed by atoms with van der Waals surface area (Å²) < 4.78 is 2.73. The largest absolute Gasteiger partial charge is 0.263 e. The minimum absolute atomic E-state index is 0.414. The van der Waals surface area contributed by atoms with Crippen LogP contribution in [0.2, 0.25) is 0 Å². The van der Waals surface area contributed by atoms with Crippen molar-refractivity contribution in [3.8, 4) is 0 Å². The van der Waals surface area contributed by atoms with Crippen molar-refractivity contribution in [3.05, 3.63) is 0 Å². The summed E-state index contributed by atoms with van der Waals surface area (Å²) in [6.45, 7) is 2.01. The van der Waals surface area contributed by atoms with Crippen LogP contribution in [-0.2, 0) is 0 Å². The third-order valence-corrected chi connectivity index (χ3v) is 1.48. The summed E-state index contributed by atoms with van der Waals surface area (Å²) in [5, 5.41) is 0. The van der Waals surface area contributed by atoms with E-state index < -0.39 is 0 Å². The van der Waals surface area contributed by atoms with Crippen LogP contribution < -0.4 is 4.72 Å². The first-order chi connectivity index (χ1) is 2.81. The summed E-state index contributed by atoms with van der Waals surface area (Å²) in [6.07, 6.45) is 0. The van der Waals surface area contributed by atoms with Gasteiger partial charge in [0.1, 0.15) is 0 Å². The van der Waals surface area contributed by atoms with Crippen LogP contribution >= 0.6 is 25.4 Å². The minimum Gasteiger partial charge on any atom is -0.263 e. The Morgan fingerprint density at radius 2 is 2.33 bits per heavy atom. The van der Waals surface area contributed by atoms with Gasteiger partial charge in [0, 0.05) is 11.8 Å². The number of hydrogen-bond acceptors (Lipinski definition) is 3. The van der Waals surface area contributed by atoms with Gasteiger partial charge in [0.25, 0.3) is 0 Å². The summed E-state index contributed by atoms with van der Waals surface area (Å²) >= 11 is 7.78. The smallest absolute Gasteiger partial charge is 0.0229 e. The molecule has 0 saturated carbocycles. The van der Waals surface area contributed by atoms with Gasteiger partial charge in [-0.25, -0.2) is 0 Å². The first kappa shape index (κ1) is 6.66. The molecule has 0 saturated heterocycles. The molecule has 0 aliphatic carbocycles. The molecule has 0 amide bonds. The van der Waals surface area contributed by atoms with E-state index in [0.717, 1.165) is 5.75 Å². The fraction of sp³-hybridized carbons (Fsp3) is 1.00. The third-order valence-electron chi connectivity index (χ3n) is 0.494. The molecule has 0 aromatic carbocycles. The Morgan fingerprint density at radius 1 is 1.83 bits per heavy atom. The van der Waals surface area contributed by atoms with Gasteiger partial charge in [-0.2, -0.15) is 12.6 Å². The molecule has 0 aliphatic heterocycles. The monoisotopic (exact) mass is 123 g/mol. The molecule has 0 aliphatic rings. The lowest BCUT2D eigenvalue weighted by molar-refractivity contribution is 0.790. The van der Waals surface area contributed by atoms with Crippen molar-refractivity contribution in [2.45, 2.75) is 13.0 Å². The molecule has 0 spiro atoms. The normalized spacial score (nSPS) is 14.5. The lowest BCUT2D eigenvalue weighted by atomic mass is 10.4. The average molecular weight is 123 g/mol. The number of thiol groups is 2. The molecule has 0 heterocycles. The number of hydrogen-bond donors (Lipinski definition) is 3. The first-order valence-electron chi connectivity index (χ1n) is 1.81. The van der Waals surface area contributed by atoms with Crippen LogP contribution in [0.5, 0.6) is 0 Å². The van der Waals surface area contributed by atoms with Crippen molar-refractivity contribution in [1.82, 2.24) is 4.72 Å². The molecule has 6 heavy (non-hydrogen) atoms. The van der Waals surface area contributed by atoms with Crippen molar-refractivity contribution < 1.29 is 0 Å². The van der Waals surface area contributed by atoms with Gasteiger partial charge in [-0.05, 0) is 6.92 Å². The molecule has 0 aromatic rings. The summed E-state index contributed by atoms with van der Waals surface area (Å²) in [6, 6.07) is 0.414. The SMILES string of the molecule is CC(CS)NS. The van der Waals surface area contributed by atoms with Crippen molar-refractivity contribution in [2.24, 2.45) is 0 Å². The van der Waals surface area contributed by atoms with Gasteiger partial charge in [-0.3, -0.25) is 4.72 Å². The van der Waals surface area contributed by atoms with Crippen LogP contribution in [0, 0.1) is 0 Å². The summed E-state index contributed by atoms with van der Waals surface area (Å²) in [5.41, 5.74) is 0. The molecule has 1 unspecified atom stereocenters. The van der Waals surface area contributed by atoms with Gasteiger partial charge in [0.2, 0.25) is 0 Å². The second-order valence-electron chi connectivity index (χ2n) is 1.21. The molecule has 1 atom stereocenters. The molecule has 1 N–H and O–H groups in total. The molecular formula is C3H9NS2. The van der Waals surface area contributed by atoms with E-state index in [2.05, 4.69) is 30.2 Å². The highest BCUT2D eigenvalue weighted by Gasteiger charge is 1.88. The Hall–Kier alpha value is 0.660. The lowest BCUT2D eigenvalue weighted by Gasteiger charge is -2.00. The Kier molecular flexibility index (Phi) is 4.26. The van der Waals surface area contributed by atoms with Crippen LogP contribution in [0.25, 0.3) is 0 Å². The molecule has 0 radical (unpaired) electrons. The van der Waals surface area contributed by atoms with E-state index in [1.165, 1.54) is 0 Å². The molecule has 0 fully saturated rings. The fourth-order valence-electron chi connectivity index (χ4n) is 0.0408. The fourth-order valence-corrected chi connectivity index (χ4v) is 0.367. The maximum absolute atomic E-state index is 3.98. The van der Waals surface area contributed by atoms with E-state index in [1.807, 2.05) is 6.92 Å². The van der Waals surface area contributed by atoms with Gasteiger partial charge in [0.05, 0.1) is 0 Å². The van der Waals surface area contributed by atoms with Gasteiger partial charge < -0.3 is 0 Å². The van der Waals surface area contributed by atoms with Gasteiger partial charge in [0.15, 0.2) is 0 Å². The number of nitrogens with one attached hydrogen (secondary N) is 1. The molecule has 0 bridgehead atoms. The number of rotatable bonds is 2. The highest BCUT2D eigenvalue weighted by molar-refractivity contribution is 7.80. The van der Waals surface area contributed by atoms with Crippen LogP contribution in [0.4, 0.5) is 0 Å². The Labute approximate surface area is 49.5 Å². The maximum Gasteiger partial charge on any atom is 0.0229 e. The average Bonchev–Trinajstić information content (AvgIpc) is 1.65. The molecule has 3 heteroatoms. The summed E-state index contributed by atoms with van der Waals surface area (Å²) in [5.74, 6) is 0.837. The first-order valence-corrected chi connectivity index (χ1v) is 2.89. The lowest BCUT2D eigenvalue weighted by Crippen LogP contribution is -2.17. The highest BCUT2D eigenvalue weighted by Crippen LogP contribution is 1.83. The van der Waals surface area contributed by atoms with E-state index in [-0.39, 0.29) is 0 Å². The van der Waals surface area contributed by atoms with E-state index in [9.17, 15) is 0 Å². The Bertz CT molecular complexity index is 28.0. The van der Waals surface area contributed by atoms with E-state index in [4.69, 9.17) is 0 Å². The zero-order chi connectivity index (χ0) is 4.99. The van der Waals surface area contributed by atoms with Crippen LogP contribution in [0.15, 0.2) is 0 Å². The molecule has 0 aromatic heterocycles. The van der Waals surface area contributed by atoms with E-state index in [0.29, 0.717) is 6.04 Å². The molecule has 38 valence electrons. The van der Waals surface area contributed by atoms with Crippen LogP contribution in [-0.4, -0.2) is 11.8 Å². The van der Waals surface area contributed by atoms with Crippen molar-refractivity contribution >= 4 is 25.4 Å². The topological polar surface area (TPSA) is 12.0 Å². The maximum atomic E-state index is 3.98. The molecule has 0 rings (SSSR count). The zero-order valence-electron chi connectivity index (χ0n) is 3.68. The standard InChI is InChI=1S/C3H9NS2/c1-3(2-5)4-6/h3-6H,2H2,1H3. The van der Waals surface area contributed by atoms with Crippen molar-refractivity contribution in [2.75, 3.05) is 5.75 Å². The van der Waals surface area contributed by atoms with E-state index in [1.54, 1.807) is 0 Å². The summed E-state index contributed by atoms with van der Waals surface area (Å²) in [4.78, 5) is 0. The Balaban J connectivity index is 2.75. The van der Waals surface area contributed by atoms with E-state index >= 15 is 0 Å². The zero-order valence-corrected chi connectivity index (χ0v) is 5.47. The van der Waals surface area contributed by atoms with Gasteiger partial charge in [-0.1, -0.05) is 12.8 Å². The highest BCUT2D eigenvalue weighted by atomic mass is 32.1. The quantitative estimate of drug-likeness (QED) is 0.460. The minimum atomic E-state index is 0.414. The van der Waals surface area contributed by atoms with Crippen molar-refractivity contribution in [3.63, 3.8) is 0 Å². The van der Waals surface area contributed by atoms with Crippen LogP contribution in [0.1, 0.15) is 6.92 Å².